The summed E-state index contributed by atoms with van der Waals surface area (Å²) in [6.45, 7) is 0. The molecular formula is C54H34N4. The number of para-hydroxylation sites is 2. The summed E-state index contributed by atoms with van der Waals surface area (Å²) < 4.78 is 0. The number of benzene rings is 9. The Morgan fingerprint density at radius 1 is 0.224 bits per heavy atom. The van der Waals surface area contributed by atoms with Crippen molar-refractivity contribution in [2.75, 3.05) is 0 Å². The predicted molar refractivity (Wildman–Crippen MR) is 240 cm³/mol. The van der Waals surface area contributed by atoms with Gasteiger partial charge in [0.1, 0.15) is 0 Å². The van der Waals surface area contributed by atoms with Crippen molar-refractivity contribution in [3.63, 3.8) is 0 Å². The van der Waals surface area contributed by atoms with Crippen molar-refractivity contribution in [3.8, 4) is 67.5 Å². The Morgan fingerprint density at radius 2 is 0.603 bits per heavy atom. The minimum atomic E-state index is 0.686. The van der Waals surface area contributed by atoms with Crippen LogP contribution in [-0.4, -0.2) is 19.9 Å². The quantitative estimate of drug-likeness (QED) is 0.170. The molecule has 4 heteroatoms. The highest BCUT2D eigenvalue weighted by molar-refractivity contribution is 5.97. The van der Waals surface area contributed by atoms with Gasteiger partial charge in [0.2, 0.25) is 0 Å². The molecule has 4 nitrogen and oxygen atoms in total. The number of nitrogens with zero attached hydrogens (tertiary/aromatic N) is 4. The summed E-state index contributed by atoms with van der Waals surface area (Å²) in [5.41, 5.74) is 12.1. The minimum Gasteiger partial charge on any atom is -0.228 e. The van der Waals surface area contributed by atoms with Crippen molar-refractivity contribution in [1.82, 2.24) is 19.9 Å². The summed E-state index contributed by atoms with van der Waals surface area (Å²) in [4.78, 5) is 20.6. The van der Waals surface area contributed by atoms with Crippen molar-refractivity contribution < 1.29 is 0 Å². The molecule has 0 unspecified atom stereocenters. The van der Waals surface area contributed by atoms with E-state index in [0.29, 0.717) is 11.6 Å². The van der Waals surface area contributed by atoms with E-state index in [-0.39, 0.29) is 0 Å². The van der Waals surface area contributed by atoms with Crippen LogP contribution < -0.4 is 0 Å². The maximum atomic E-state index is 5.25. The fourth-order valence-corrected chi connectivity index (χ4v) is 8.03. The molecule has 0 aliphatic carbocycles. The molecular weight excluding hydrogens is 705 g/mol. The van der Waals surface area contributed by atoms with Crippen molar-refractivity contribution >= 4 is 43.4 Å². The summed E-state index contributed by atoms with van der Waals surface area (Å²) in [6.07, 6.45) is 0. The average Bonchev–Trinajstić information content (AvgIpc) is 3.30. The van der Waals surface area contributed by atoms with Crippen LogP contribution in [0.3, 0.4) is 0 Å². The highest BCUT2D eigenvalue weighted by atomic mass is 14.9. The SMILES string of the molecule is c1cc(-c2nc(-c3ccc(-c4ccc5ccccc5c4)cc3)nc3ccccc23)cc(-c2nc(-c3ccc(-c4ccc5ccccc5c4)cc3)nc3ccccc23)c1. The summed E-state index contributed by atoms with van der Waals surface area (Å²) in [6, 6.07) is 72.3. The minimum absolute atomic E-state index is 0.686. The van der Waals surface area contributed by atoms with Crippen LogP contribution in [0.15, 0.2) is 206 Å². The Bertz CT molecular complexity index is 3110. The zero-order valence-corrected chi connectivity index (χ0v) is 31.4. The molecule has 0 bridgehead atoms. The Kier molecular flexibility index (Phi) is 8.11. The first-order chi connectivity index (χ1) is 28.7. The van der Waals surface area contributed by atoms with Crippen LogP contribution >= 0.6 is 0 Å². The van der Waals surface area contributed by atoms with E-state index in [4.69, 9.17) is 19.9 Å². The van der Waals surface area contributed by atoms with Crippen LogP contribution in [0.4, 0.5) is 0 Å². The van der Waals surface area contributed by atoms with Crippen molar-refractivity contribution in [2.45, 2.75) is 0 Å². The lowest BCUT2D eigenvalue weighted by Crippen LogP contribution is -1.97. The van der Waals surface area contributed by atoms with Gasteiger partial charge in [-0.2, -0.15) is 0 Å². The van der Waals surface area contributed by atoms with E-state index in [0.717, 1.165) is 66.6 Å². The lowest BCUT2D eigenvalue weighted by atomic mass is 9.99. The molecule has 2 aromatic heterocycles. The first-order valence-electron chi connectivity index (χ1n) is 19.5. The van der Waals surface area contributed by atoms with Crippen LogP contribution in [0, 0.1) is 0 Å². The molecule has 0 N–H and O–H groups in total. The van der Waals surface area contributed by atoms with Gasteiger partial charge >= 0.3 is 0 Å². The molecule has 270 valence electrons. The molecule has 0 aliphatic rings. The topological polar surface area (TPSA) is 51.6 Å². The van der Waals surface area contributed by atoms with Crippen molar-refractivity contribution in [1.29, 1.82) is 0 Å². The van der Waals surface area contributed by atoms with Gasteiger partial charge in [-0.3, -0.25) is 0 Å². The second kappa shape index (κ2) is 14.0. The first kappa shape index (κ1) is 33.5. The first-order valence-corrected chi connectivity index (χ1v) is 19.5. The smallest absolute Gasteiger partial charge is 0.160 e. The van der Waals surface area contributed by atoms with E-state index < -0.39 is 0 Å². The maximum absolute atomic E-state index is 5.25. The molecule has 0 fully saturated rings. The van der Waals surface area contributed by atoms with Gasteiger partial charge in [0.25, 0.3) is 0 Å². The highest BCUT2D eigenvalue weighted by Crippen LogP contribution is 2.36. The maximum Gasteiger partial charge on any atom is 0.160 e. The van der Waals surface area contributed by atoms with Gasteiger partial charge in [0, 0.05) is 33.0 Å². The van der Waals surface area contributed by atoms with Gasteiger partial charge in [-0.05, 0) is 74.1 Å². The molecule has 9 aromatic carbocycles. The van der Waals surface area contributed by atoms with Gasteiger partial charge in [-0.25, -0.2) is 19.9 Å². The van der Waals surface area contributed by atoms with Gasteiger partial charge in [-0.1, -0.05) is 176 Å². The molecule has 11 aromatic rings. The Hall–Kier alpha value is -7.82. The molecule has 0 saturated carbocycles. The fourth-order valence-electron chi connectivity index (χ4n) is 8.03. The number of aromatic nitrogens is 4. The Balaban J connectivity index is 0.966. The Labute approximate surface area is 335 Å². The van der Waals surface area contributed by atoms with E-state index >= 15 is 0 Å². The molecule has 0 atom stereocenters. The number of hydrogen-bond donors (Lipinski definition) is 0. The van der Waals surface area contributed by atoms with Crippen LogP contribution in [0.2, 0.25) is 0 Å². The standard InChI is InChI=1S/C54H34N4/c1-3-12-41-32-43(30-24-35(41)10-1)37-20-26-39(27-21-37)53-55-49-18-7-5-16-47(49)51(57-53)45-14-9-15-46(34-45)52-48-17-6-8-19-50(48)56-54(58-52)40-28-22-38(23-29-40)44-31-25-36-11-2-4-13-42(36)33-44/h1-34H. The third kappa shape index (κ3) is 6.14. The van der Waals surface area contributed by atoms with Crippen molar-refractivity contribution in [3.05, 3.63) is 206 Å². The number of rotatable bonds is 6. The third-order valence-corrected chi connectivity index (χ3v) is 11.1. The molecule has 0 aliphatic heterocycles. The summed E-state index contributed by atoms with van der Waals surface area (Å²) >= 11 is 0. The van der Waals surface area contributed by atoms with E-state index in [1.54, 1.807) is 0 Å². The molecule has 0 saturated heterocycles. The van der Waals surface area contributed by atoms with Crippen LogP contribution in [-0.2, 0) is 0 Å². The second-order valence-electron chi connectivity index (χ2n) is 14.7. The molecule has 0 radical (unpaired) electrons. The van der Waals surface area contributed by atoms with Gasteiger partial charge in [0.15, 0.2) is 11.6 Å². The lowest BCUT2D eigenvalue weighted by Gasteiger charge is -2.13. The molecule has 0 spiro atoms. The van der Waals surface area contributed by atoms with E-state index in [2.05, 4.69) is 182 Å². The second-order valence-corrected chi connectivity index (χ2v) is 14.7. The zero-order valence-electron chi connectivity index (χ0n) is 31.4. The van der Waals surface area contributed by atoms with Crippen molar-refractivity contribution in [2.24, 2.45) is 0 Å². The third-order valence-electron chi connectivity index (χ3n) is 11.1. The van der Waals surface area contributed by atoms with Gasteiger partial charge in [-0.15, -0.1) is 0 Å². The number of hydrogen-bond acceptors (Lipinski definition) is 4. The molecule has 58 heavy (non-hydrogen) atoms. The largest absolute Gasteiger partial charge is 0.228 e. The number of fused-ring (bicyclic) bond motifs is 4. The Morgan fingerprint density at radius 3 is 1.07 bits per heavy atom. The average molecular weight is 739 g/mol. The molecule has 2 heterocycles. The lowest BCUT2D eigenvalue weighted by molar-refractivity contribution is 1.22. The summed E-state index contributed by atoms with van der Waals surface area (Å²) in [7, 11) is 0. The summed E-state index contributed by atoms with van der Waals surface area (Å²) in [5, 5.41) is 6.92. The van der Waals surface area contributed by atoms with Crippen LogP contribution in [0.25, 0.3) is 111 Å². The van der Waals surface area contributed by atoms with E-state index in [1.807, 2.05) is 24.3 Å². The summed E-state index contributed by atoms with van der Waals surface area (Å²) in [5.74, 6) is 1.37. The van der Waals surface area contributed by atoms with Crippen LogP contribution in [0.5, 0.6) is 0 Å². The fraction of sp³-hybridized carbons (Fsp3) is 0. The highest BCUT2D eigenvalue weighted by Gasteiger charge is 2.16. The van der Waals surface area contributed by atoms with Crippen LogP contribution in [0.1, 0.15) is 0 Å². The van der Waals surface area contributed by atoms with E-state index in [1.165, 1.54) is 32.7 Å². The predicted octanol–water partition coefficient (Wildman–Crippen LogP) is 13.9. The monoisotopic (exact) mass is 738 g/mol. The normalized spacial score (nSPS) is 11.4. The van der Waals surface area contributed by atoms with Gasteiger partial charge in [0.05, 0.1) is 22.4 Å². The zero-order chi connectivity index (χ0) is 38.4. The van der Waals surface area contributed by atoms with Gasteiger partial charge < -0.3 is 0 Å². The molecule has 11 rings (SSSR count). The van der Waals surface area contributed by atoms with E-state index in [9.17, 15) is 0 Å². The molecule has 0 amide bonds.